The first-order chi connectivity index (χ1) is 8.61. The van der Waals surface area contributed by atoms with Crippen molar-refractivity contribution in [3.63, 3.8) is 0 Å². The third-order valence-electron chi connectivity index (χ3n) is 1.77. The molecule has 94 valence electrons. The molecule has 0 saturated carbocycles. The number of pyridine rings is 2. The fourth-order valence-electron chi connectivity index (χ4n) is 0.979. The minimum absolute atomic E-state index is 0. The first-order valence-electron chi connectivity index (χ1n) is 4.90. The van der Waals surface area contributed by atoms with E-state index in [1.807, 2.05) is 0 Å². The Morgan fingerprint density at radius 1 is 0.789 bits per heavy atom. The SMILES string of the molecule is O=C(O)c1ccccn1.O=C(O)c1ccccn1.[NaH]. The molecule has 0 saturated heterocycles. The summed E-state index contributed by atoms with van der Waals surface area (Å²) in [6.45, 7) is 0. The van der Waals surface area contributed by atoms with Gasteiger partial charge >= 0.3 is 41.5 Å². The molecule has 0 aromatic carbocycles. The van der Waals surface area contributed by atoms with Gasteiger partial charge in [0.2, 0.25) is 0 Å². The average molecular weight is 270 g/mol. The van der Waals surface area contributed by atoms with Crippen molar-refractivity contribution < 1.29 is 19.8 Å². The summed E-state index contributed by atoms with van der Waals surface area (Å²) in [5.74, 6) is -1.98. The Bertz CT molecular complexity index is 470. The molecule has 0 aliphatic heterocycles. The summed E-state index contributed by atoms with van der Waals surface area (Å²) in [6, 6.07) is 9.51. The molecule has 6 nitrogen and oxygen atoms in total. The van der Waals surface area contributed by atoms with Crippen LogP contribution in [0.4, 0.5) is 0 Å². The second-order valence-electron chi connectivity index (χ2n) is 3.04. The van der Waals surface area contributed by atoms with E-state index < -0.39 is 11.9 Å². The first kappa shape index (κ1) is 17.2. The van der Waals surface area contributed by atoms with Crippen molar-refractivity contribution in [3.05, 3.63) is 60.2 Å². The number of carboxylic acid groups (broad SMARTS) is 2. The third-order valence-corrected chi connectivity index (χ3v) is 1.77. The normalized spacial score (nSPS) is 8.42. The number of rotatable bonds is 2. The number of carboxylic acids is 2. The van der Waals surface area contributed by atoms with Gasteiger partial charge in [0.1, 0.15) is 11.4 Å². The monoisotopic (exact) mass is 270 g/mol. The maximum atomic E-state index is 10.1. The molecule has 0 atom stereocenters. The van der Waals surface area contributed by atoms with E-state index in [1.54, 1.807) is 24.3 Å². The number of nitrogens with zero attached hydrogens (tertiary/aromatic N) is 2. The van der Waals surface area contributed by atoms with Crippen LogP contribution in [0, 0.1) is 0 Å². The van der Waals surface area contributed by atoms with Gasteiger partial charge in [0.15, 0.2) is 0 Å². The van der Waals surface area contributed by atoms with Crippen LogP contribution >= 0.6 is 0 Å². The van der Waals surface area contributed by atoms with Crippen molar-refractivity contribution in [2.45, 2.75) is 0 Å². The molecule has 7 heteroatoms. The van der Waals surface area contributed by atoms with E-state index >= 15 is 0 Å². The minimum atomic E-state index is -0.990. The van der Waals surface area contributed by atoms with Gasteiger partial charge in [-0.15, -0.1) is 0 Å². The quantitative estimate of drug-likeness (QED) is 0.787. The van der Waals surface area contributed by atoms with E-state index in [0.29, 0.717) is 0 Å². The second kappa shape index (κ2) is 9.21. The number of carbonyl (C=O) groups is 2. The van der Waals surface area contributed by atoms with Crippen LogP contribution in [0.1, 0.15) is 21.0 Å². The van der Waals surface area contributed by atoms with Gasteiger partial charge in [-0.05, 0) is 24.3 Å². The summed E-state index contributed by atoms with van der Waals surface area (Å²) < 4.78 is 0. The summed E-state index contributed by atoms with van der Waals surface area (Å²) in [6.07, 6.45) is 2.90. The summed E-state index contributed by atoms with van der Waals surface area (Å²) in [7, 11) is 0. The fourth-order valence-corrected chi connectivity index (χ4v) is 0.979. The molecule has 0 aliphatic carbocycles. The van der Waals surface area contributed by atoms with Crippen molar-refractivity contribution >= 4 is 41.5 Å². The molecule has 0 bridgehead atoms. The molecule has 2 rings (SSSR count). The molecule has 0 radical (unpaired) electrons. The standard InChI is InChI=1S/2C6H5NO2.Na.H/c2*8-6(9)5-3-1-2-4-7-5;;/h2*1-4H,(H,8,9);;. The van der Waals surface area contributed by atoms with Crippen LogP contribution in [0.25, 0.3) is 0 Å². The zero-order valence-corrected chi connectivity index (χ0v) is 9.22. The van der Waals surface area contributed by atoms with Crippen LogP contribution in [0.2, 0.25) is 0 Å². The van der Waals surface area contributed by atoms with E-state index in [2.05, 4.69) is 9.97 Å². The van der Waals surface area contributed by atoms with Crippen molar-refractivity contribution in [1.82, 2.24) is 9.97 Å². The molecule has 2 heterocycles. The molecule has 0 amide bonds. The van der Waals surface area contributed by atoms with Crippen molar-refractivity contribution in [2.24, 2.45) is 0 Å². The Morgan fingerprint density at radius 2 is 1.16 bits per heavy atom. The number of hydrogen-bond acceptors (Lipinski definition) is 4. The fraction of sp³-hybridized carbons (Fsp3) is 0. The molecule has 0 spiro atoms. The van der Waals surface area contributed by atoms with Gasteiger partial charge in [-0.2, -0.15) is 0 Å². The Balaban J connectivity index is 0.000000324. The predicted molar refractivity (Wildman–Crippen MR) is 69.5 cm³/mol. The van der Waals surface area contributed by atoms with Crippen LogP contribution in [-0.2, 0) is 0 Å². The van der Waals surface area contributed by atoms with Gasteiger partial charge in [0.25, 0.3) is 0 Å². The van der Waals surface area contributed by atoms with Gasteiger partial charge in [0.05, 0.1) is 0 Å². The van der Waals surface area contributed by atoms with Gasteiger partial charge in [-0.3, -0.25) is 0 Å². The predicted octanol–water partition coefficient (Wildman–Crippen LogP) is 0.911. The summed E-state index contributed by atoms with van der Waals surface area (Å²) in [5, 5.41) is 16.6. The second-order valence-corrected chi connectivity index (χ2v) is 3.04. The van der Waals surface area contributed by atoms with Crippen molar-refractivity contribution in [2.75, 3.05) is 0 Å². The van der Waals surface area contributed by atoms with Crippen LogP contribution in [0.3, 0.4) is 0 Å². The van der Waals surface area contributed by atoms with E-state index in [9.17, 15) is 9.59 Å². The molecule has 2 N–H and O–H groups in total. The molecular formula is C12H11N2NaO4. The van der Waals surface area contributed by atoms with Gasteiger partial charge in [-0.1, -0.05) is 12.1 Å². The molecule has 0 aliphatic rings. The molecule has 2 aromatic heterocycles. The Hall–Kier alpha value is -1.76. The summed E-state index contributed by atoms with van der Waals surface area (Å²) >= 11 is 0. The summed E-state index contributed by atoms with van der Waals surface area (Å²) in [5.41, 5.74) is 0.162. The molecule has 0 unspecified atom stereocenters. The number of aromatic nitrogens is 2. The van der Waals surface area contributed by atoms with E-state index in [0.717, 1.165) is 0 Å². The van der Waals surface area contributed by atoms with Crippen LogP contribution in [0.15, 0.2) is 48.8 Å². The molecular weight excluding hydrogens is 259 g/mol. The maximum absolute atomic E-state index is 10.1. The van der Waals surface area contributed by atoms with Gasteiger partial charge < -0.3 is 10.2 Å². The average Bonchev–Trinajstić information content (AvgIpc) is 2.41. The van der Waals surface area contributed by atoms with Crippen LogP contribution in [-0.4, -0.2) is 61.7 Å². The topological polar surface area (TPSA) is 100 Å². The van der Waals surface area contributed by atoms with Crippen LogP contribution < -0.4 is 0 Å². The van der Waals surface area contributed by atoms with E-state index in [1.165, 1.54) is 24.5 Å². The molecule has 0 fully saturated rings. The van der Waals surface area contributed by atoms with Gasteiger partial charge in [-0.25, -0.2) is 19.6 Å². The van der Waals surface area contributed by atoms with Gasteiger partial charge in [0, 0.05) is 12.4 Å². The third kappa shape index (κ3) is 6.66. The summed E-state index contributed by atoms with van der Waals surface area (Å²) in [4.78, 5) is 27.4. The zero-order chi connectivity index (χ0) is 13.4. The van der Waals surface area contributed by atoms with E-state index in [-0.39, 0.29) is 40.9 Å². The number of aromatic carboxylic acids is 2. The Kier molecular flexibility index (Phi) is 8.35. The van der Waals surface area contributed by atoms with Crippen molar-refractivity contribution in [1.29, 1.82) is 0 Å². The van der Waals surface area contributed by atoms with E-state index in [4.69, 9.17) is 10.2 Å². The van der Waals surface area contributed by atoms with Crippen LogP contribution in [0.5, 0.6) is 0 Å². The first-order valence-corrected chi connectivity index (χ1v) is 4.90. The zero-order valence-electron chi connectivity index (χ0n) is 9.22. The Morgan fingerprint density at radius 3 is 1.32 bits per heavy atom. The van der Waals surface area contributed by atoms with Crippen molar-refractivity contribution in [3.8, 4) is 0 Å². The number of hydrogen-bond donors (Lipinski definition) is 2. The molecule has 2 aromatic rings. The Labute approximate surface area is 131 Å². The molecule has 19 heavy (non-hydrogen) atoms.